The fourth-order valence-electron chi connectivity index (χ4n) is 2.73. The summed E-state index contributed by atoms with van der Waals surface area (Å²) in [7, 11) is 0. The van der Waals surface area contributed by atoms with Gasteiger partial charge in [-0.05, 0) is 62.5 Å². The Morgan fingerprint density at radius 3 is 2.81 bits per heavy atom. The maximum Gasteiger partial charge on any atom is 0.119 e. The smallest absolute Gasteiger partial charge is 0.119 e. The Labute approximate surface area is 129 Å². The number of nitrogens with zero attached hydrogens (tertiary/aromatic N) is 1. The Bertz CT molecular complexity index is 400. The molecule has 0 spiro atoms. The summed E-state index contributed by atoms with van der Waals surface area (Å²) >= 11 is 0. The van der Waals surface area contributed by atoms with Crippen molar-refractivity contribution in [3.05, 3.63) is 29.8 Å². The number of rotatable bonds is 9. The molecular weight excluding hydrogens is 260 g/mol. The van der Waals surface area contributed by atoms with Crippen molar-refractivity contribution in [3.63, 3.8) is 0 Å². The molecule has 0 bridgehead atoms. The van der Waals surface area contributed by atoms with E-state index >= 15 is 0 Å². The second-order valence-electron chi connectivity index (χ2n) is 6.42. The molecular formula is C18H30N2O. The van der Waals surface area contributed by atoms with E-state index in [-0.39, 0.29) is 0 Å². The van der Waals surface area contributed by atoms with Crippen molar-refractivity contribution in [2.45, 2.75) is 39.7 Å². The highest BCUT2D eigenvalue weighted by Gasteiger charge is 2.10. The number of likely N-dealkylation sites (tertiary alicyclic amines) is 1. The van der Waals surface area contributed by atoms with Crippen LogP contribution >= 0.6 is 0 Å². The van der Waals surface area contributed by atoms with Gasteiger partial charge in [-0.15, -0.1) is 0 Å². The Kier molecular flexibility index (Phi) is 7.04. The van der Waals surface area contributed by atoms with E-state index in [4.69, 9.17) is 4.74 Å². The fraction of sp³-hybridized carbons (Fsp3) is 0.667. The molecule has 0 atom stereocenters. The predicted molar refractivity (Wildman–Crippen MR) is 88.8 cm³/mol. The van der Waals surface area contributed by atoms with Gasteiger partial charge in [0.25, 0.3) is 0 Å². The van der Waals surface area contributed by atoms with Crippen molar-refractivity contribution < 1.29 is 4.74 Å². The average Bonchev–Trinajstić information content (AvgIpc) is 2.97. The van der Waals surface area contributed by atoms with Crippen LogP contribution in [-0.4, -0.2) is 37.7 Å². The topological polar surface area (TPSA) is 24.5 Å². The summed E-state index contributed by atoms with van der Waals surface area (Å²) < 4.78 is 5.88. The molecule has 118 valence electrons. The zero-order valence-corrected chi connectivity index (χ0v) is 13.6. The van der Waals surface area contributed by atoms with E-state index in [1.165, 1.54) is 38.0 Å². The SMILES string of the molecule is CC(C)CNCc1cccc(OCCCN2CCCC2)c1. The molecule has 1 aromatic rings. The molecule has 1 aliphatic rings. The van der Waals surface area contributed by atoms with E-state index in [1.54, 1.807) is 0 Å². The van der Waals surface area contributed by atoms with Gasteiger partial charge in [-0.25, -0.2) is 0 Å². The first-order chi connectivity index (χ1) is 10.2. The van der Waals surface area contributed by atoms with Crippen molar-refractivity contribution in [1.82, 2.24) is 10.2 Å². The van der Waals surface area contributed by atoms with Gasteiger partial charge >= 0.3 is 0 Å². The minimum Gasteiger partial charge on any atom is -0.494 e. The molecule has 3 heteroatoms. The van der Waals surface area contributed by atoms with Crippen molar-refractivity contribution in [3.8, 4) is 5.75 Å². The van der Waals surface area contributed by atoms with Crippen LogP contribution in [0.3, 0.4) is 0 Å². The van der Waals surface area contributed by atoms with Gasteiger partial charge in [0.05, 0.1) is 6.61 Å². The zero-order valence-electron chi connectivity index (χ0n) is 13.6. The third-order valence-electron chi connectivity index (χ3n) is 3.87. The maximum absolute atomic E-state index is 5.88. The van der Waals surface area contributed by atoms with Crippen LogP contribution in [0.25, 0.3) is 0 Å². The first-order valence-corrected chi connectivity index (χ1v) is 8.39. The lowest BCUT2D eigenvalue weighted by Gasteiger charge is -2.14. The molecule has 0 unspecified atom stereocenters. The number of nitrogens with one attached hydrogen (secondary N) is 1. The predicted octanol–water partition coefficient (Wildman–Crippen LogP) is 3.30. The van der Waals surface area contributed by atoms with Gasteiger partial charge in [-0.2, -0.15) is 0 Å². The molecule has 2 rings (SSSR count). The van der Waals surface area contributed by atoms with E-state index in [1.807, 2.05) is 0 Å². The third-order valence-corrected chi connectivity index (χ3v) is 3.87. The average molecular weight is 290 g/mol. The lowest BCUT2D eigenvalue weighted by molar-refractivity contribution is 0.263. The van der Waals surface area contributed by atoms with Crippen molar-refractivity contribution in [2.75, 3.05) is 32.8 Å². The molecule has 1 aromatic carbocycles. The first kappa shape index (κ1) is 16.3. The molecule has 1 saturated heterocycles. The molecule has 0 radical (unpaired) electrons. The molecule has 0 aromatic heterocycles. The highest BCUT2D eigenvalue weighted by Crippen LogP contribution is 2.14. The number of hydrogen-bond acceptors (Lipinski definition) is 3. The highest BCUT2D eigenvalue weighted by atomic mass is 16.5. The van der Waals surface area contributed by atoms with Crippen LogP contribution in [-0.2, 0) is 6.54 Å². The number of benzene rings is 1. The number of ether oxygens (including phenoxy) is 1. The van der Waals surface area contributed by atoms with Crippen LogP contribution in [0.2, 0.25) is 0 Å². The molecule has 1 heterocycles. The van der Waals surface area contributed by atoms with Gasteiger partial charge in [0.1, 0.15) is 5.75 Å². The van der Waals surface area contributed by atoms with Crippen LogP contribution in [0.5, 0.6) is 5.75 Å². The second-order valence-corrected chi connectivity index (χ2v) is 6.42. The summed E-state index contributed by atoms with van der Waals surface area (Å²) in [6.45, 7) is 11.0. The lowest BCUT2D eigenvalue weighted by atomic mass is 10.2. The van der Waals surface area contributed by atoms with E-state index in [2.05, 4.69) is 48.3 Å². The first-order valence-electron chi connectivity index (χ1n) is 8.39. The normalized spacial score (nSPS) is 15.8. The Morgan fingerprint density at radius 2 is 2.05 bits per heavy atom. The molecule has 0 amide bonds. The molecule has 21 heavy (non-hydrogen) atoms. The standard InChI is InChI=1S/C18H30N2O/c1-16(2)14-19-15-17-7-5-8-18(13-17)21-12-6-11-20-9-3-4-10-20/h5,7-8,13,16,19H,3-4,6,9-12,14-15H2,1-2H3. The highest BCUT2D eigenvalue weighted by molar-refractivity contribution is 5.28. The monoisotopic (exact) mass is 290 g/mol. The summed E-state index contributed by atoms with van der Waals surface area (Å²) in [4.78, 5) is 2.54. The maximum atomic E-state index is 5.88. The summed E-state index contributed by atoms with van der Waals surface area (Å²) in [5.41, 5.74) is 1.30. The summed E-state index contributed by atoms with van der Waals surface area (Å²) in [6.07, 6.45) is 3.86. The molecule has 1 aliphatic heterocycles. The Balaban J connectivity index is 1.65. The fourth-order valence-corrected chi connectivity index (χ4v) is 2.73. The molecule has 0 saturated carbocycles. The zero-order chi connectivity index (χ0) is 14.9. The van der Waals surface area contributed by atoms with Gasteiger partial charge in [0.2, 0.25) is 0 Å². The molecule has 1 N–H and O–H groups in total. The van der Waals surface area contributed by atoms with Crippen molar-refractivity contribution in [2.24, 2.45) is 5.92 Å². The summed E-state index contributed by atoms with van der Waals surface area (Å²) in [6, 6.07) is 8.46. The van der Waals surface area contributed by atoms with Crippen LogP contribution in [0, 0.1) is 5.92 Å². The third kappa shape index (κ3) is 6.49. The van der Waals surface area contributed by atoms with Gasteiger partial charge in [0, 0.05) is 13.1 Å². The largest absolute Gasteiger partial charge is 0.494 e. The van der Waals surface area contributed by atoms with Crippen LogP contribution in [0.1, 0.15) is 38.7 Å². The summed E-state index contributed by atoms with van der Waals surface area (Å²) in [5, 5.41) is 3.47. The van der Waals surface area contributed by atoms with Crippen LogP contribution in [0.4, 0.5) is 0 Å². The van der Waals surface area contributed by atoms with E-state index in [0.717, 1.165) is 31.9 Å². The van der Waals surface area contributed by atoms with E-state index < -0.39 is 0 Å². The molecule has 1 fully saturated rings. The van der Waals surface area contributed by atoms with Gasteiger partial charge < -0.3 is 15.0 Å². The van der Waals surface area contributed by atoms with Crippen LogP contribution < -0.4 is 10.1 Å². The lowest BCUT2D eigenvalue weighted by Crippen LogP contribution is -2.22. The van der Waals surface area contributed by atoms with Crippen molar-refractivity contribution >= 4 is 0 Å². The second kappa shape index (κ2) is 9.06. The minimum atomic E-state index is 0.690. The van der Waals surface area contributed by atoms with E-state index in [0.29, 0.717) is 5.92 Å². The van der Waals surface area contributed by atoms with Gasteiger partial charge in [-0.3, -0.25) is 0 Å². The van der Waals surface area contributed by atoms with Gasteiger partial charge in [-0.1, -0.05) is 26.0 Å². The van der Waals surface area contributed by atoms with Crippen molar-refractivity contribution in [1.29, 1.82) is 0 Å². The molecule has 3 nitrogen and oxygen atoms in total. The minimum absolute atomic E-state index is 0.690. The van der Waals surface area contributed by atoms with E-state index in [9.17, 15) is 0 Å². The quantitative estimate of drug-likeness (QED) is 0.706. The number of hydrogen-bond donors (Lipinski definition) is 1. The summed E-state index contributed by atoms with van der Waals surface area (Å²) in [5.74, 6) is 1.69. The Morgan fingerprint density at radius 1 is 1.24 bits per heavy atom. The Hall–Kier alpha value is -1.06. The van der Waals surface area contributed by atoms with Gasteiger partial charge in [0.15, 0.2) is 0 Å². The molecule has 0 aliphatic carbocycles. The van der Waals surface area contributed by atoms with Crippen LogP contribution in [0.15, 0.2) is 24.3 Å².